The number of carbonyl (C=O) groups is 1. The predicted molar refractivity (Wildman–Crippen MR) is 94.2 cm³/mol. The van der Waals surface area contributed by atoms with Gasteiger partial charge >= 0.3 is 5.97 Å². The second-order valence-electron chi connectivity index (χ2n) is 5.45. The number of unbranched alkanes of at least 4 members (excludes halogenated alkanes) is 5. The van der Waals surface area contributed by atoms with Crippen molar-refractivity contribution >= 4 is 5.97 Å². The maximum Gasteiger partial charge on any atom is 0.305 e. The Morgan fingerprint density at radius 2 is 1.78 bits per heavy atom. The van der Waals surface area contributed by atoms with Gasteiger partial charge in [0.15, 0.2) is 0 Å². The highest BCUT2D eigenvalue weighted by atomic mass is 17.1. The van der Waals surface area contributed by atoms with Crippen LogP contribution in [0.3, 0.4) is 0 Å². The highest BCUT2D eigenvalue weighted by Crippen LogP contribution is 2.08. The van der Waals surface area contributed by atoms with Crippen LogP contribution in [0.1, 0.15) is 64.7 Å². The van der Waals surface area contributed by atoms with Crippen molar-refractivity contribution in [2.24, 2.45) is 0 Å². The summed E-state index contributed by atoms with van der Waals surface area (Å²) in [5.74, 6) is -0.107. The summed E-state index contributed by atoms with van der Waals surface area (Å²) >= 11 is 0. The SMILES string of the molecule is CCC(/C=C/C=C/C/C=C/CCCCCCCC(=O)OC)OO. The molecule has 1 atom stereocenters. The van der Waals surface area contributed by atoms with Gasteiger partial charge < -0.3 is 4.74 Å². The number of carbonyl (C=O) groups excluding carboxylic acids is 1. The fourth-order valence-electron chi connectivity index (χ4n) is 2.05. The first kappa shape index (κ1) is 21.6. The molecule has 0 bridgehead atoms. The Labute approximate surface area is 140 Å². The van der Waals surface area contributed by atoms with E-state index in [9.17, 15) is 4.79 Å². The molecule has 0 aromatic rings. The summed E-state index contributed by atoms with van der Waals surface area (Å²) in [5, 5.41) is 8.55. The number of allylic oxidation sites excluding steroid dienone is 5. The molecule has 0 aliphatic rings. The van der Waals surface area contributed by atoms with E-state index in [2.05, 4.69) is 27.9 Å². The lowest BCUT2D eigenvalue weighted by Crippen LogP contribution is -2.03. The fraction of sp³-hybridized carbons (Fsp3) is 0.632. The second kappa shape index (κ2) is 17.0. The van der Waals surface area contributed by atoms with Crippen molar-refractivity contribution in [3.05, 3.63) is 36.5 Å². The van der Waals surface area contributed by atoms with E-state index in [4.69, 9.17) is 5.26 Å². The van der Waals surface area contributed by atoms with Crippen molar-refractivity contribution in [1.82, 2.24) is 0 Å². The molecule has 0 fully saturated rings. The predicted octanol–water partition coefficient (Wildman–Crippen LogP) is 5.22. The van der Waals surface area contributed by atoms with Gasteiger partial charge in [0.05, 0.1) is 7.11 Å². The van der Waals surface area contributed by atoms with Crippen LogP contribution in [0.2, 0.25) is 0 Å². The zero-order chi connectivity index (χ0) is 17.2. The molecule has 0 aromatic heterocycles. The van der Waals surface area contributed by atoms with Gasteiger partial charge in [0.1, 0.15) is 6.10 Å². The van der Waals surface area contributed by atoms with E-state index in [0.29, 0.717) is 6.42 Å². The zero-order valence-electron chi connectivity index (χ0n) is 14.6. The number of methoxy groups -OCH3 is 1. The molecule has 0 saturated carbocycles. The van der Waals surface area contributed by atoms with E-state index in [1.807, 2.05) is 25.2 Å². The lowest BCUT2D eigenvalue weighted by molar-refractivity contribution is -0.266. The van der Waals surface area contributed by atoms with Crippen LogP contribution in [0, 0.1) is 0 Å². The van der Waals surface area contributed by atoms with Crippen LogP contribution in [0.25, 0.3) is 0 Å². The van der Waals surface area contributed by atoms with Crippen LogP contribution in [0.5, 0.6) is 0 Å². The van der Waals surface area contributed by atoms with Crippen molar-refractivity contribution < 1.29 is 19.7 Å². The highest BCUT2D eigenvalue weighted by molar-refractivity contribution is 5.68. The van der Waals surface area contributed by atoms with Crippen LogP contribution < -0.4 is 0 Å². The van der Waals surface area contributed by atoms with E-state index < -0.39 is 0 Å². The molecule has 0 heterocycles. The van der Waals surface area contributed by atoms with Crippen LogP contribution in [0.15, 0.2) is 36.5 Å². The van der Waals surface area contributed by atoms with E-state index in [0.717, 1.165) is 32.1 Å². The molecule has 0 rings (SSSR count). The summed E-state index contributed by atoms with van der Waals surface area (Å²) in [4.78, 5) is 15.2. The number of ether oxygens (including phenoxy) is 1. The number of rotatable bonds is 14. The van der Waals surface area contributed by atoms with Crippen molar-refractivity contribution in [2.45, 2.75) is 70.8 Å². The summed E-state index contributed by atoms with van der Waals surface area (Å²) in [6.07, 6.45) is 20.9. The second-order valence-corrected chi connectivity index (χ2v) is 5.45. The van der Waals surface area contributed by atoms with Crippen LogP contribution in [-0.4, -0.2) is 24.4 Å². The van der Waals surface area contributed by atoms with Gasteiger partial charge in [-0.1, -0.05) is 62.6 Å². The summed E-state index contributed by atoms with van der Waals surface area (Å²) in [5.41, 5.74) is 0. The minimum absolute atomic E-state index is 0.107. The smallest absolute Gasteiger partial charge is 0.305 e. The Morgan fingerprint density at radius 1 is 1.04 bits per heavy atom. The Morgan fingerprint density at radius 3 is 2.48 bits per heavy atom. The average molecular weight is 324 g/mol. The molecule has 0 amide bonds. The van der Waals surface area contributed by atoms with Crippen LogP contribution in [-0.2, 0) is 14.4 Å². The van der Waals surface area contributed by atoms with Crippen molar-refractivity contribution in [3.8, 4) is 0 Å². The monoisotopic (exact) mass is 324 g/mol. The molecule has 0 radical (unpaired) electrons. The summed E-state index contributed by atoms with van der Waals surface area (Å²) in [6, 6.07) is 0. The van der Waals surface area contributed by atoms with E-state index in [1.165, 1.54) is 26.4 Å². The maximum atomic E-state index is 10.9. The van der Waals surface area contributed by atoms with Gasteiger partial charge in [-0.15, -0.1) is 0 Å². The van der Waals surface area contributed by atoms with Crippen molar-refractivity contribution in [1.29, 1.82) is 0 Å². The maximum absolute atomic E-state index is 10.9. The number of esters is 1. The van der Waals surface area contributed by atoms with Gasteiger partial charge in [0.2, 0.25) is 0 Å². The van der Waals surface area contributed by atoms with Crippen molar-refractivity contribution in [3.63, 3.8) is 0 Å². The Kier molecular flexibility index (Phi) is 15.9. The molecular weight excluding hydrogens is 292 g/mol. The molecule has 0 aromatic carbocycles. The largest absolute Gasteiger partial charge is 0.469 e. The Balaban J connectivity index is 3.42. The highest BCUT2D eigenvalue weighted by Gasteiger charge is 1.98. The third kappa shape index (κ3) is 15.3. The normalized spacial score (nSPS) is 13.3. The minimum atomic E-state index is -0.220. The third-order valence-corrected chi connectivity index (χ3v) is 3.53. The van der Waals surface area contributed by atoms with E-state index in [-0.39, 0.29) is 12.1 Å². The molecule has 0 saturated heterocycles. The van der Waals surface area contributed by atoms with Gasteiger partial charge in [-0.2, -0.15) is 0 Å². The van der Waals surface area contributed by atoms with Gasteiger partial charge in [0, 0.05) is 6.42 Å². The van der Waals surface area contributed by atoms with Gasteiger partial charge in [-0.25, -0.2) is 4.89 Å². The average Bonchev–Trinajstić information content (AvgIpc) is 2.58. The summed E-state index contributed by atoms with van der Waals surface area (Å²) in [6.45, 7) is 1.96. The topological polar surface area (TPSA) is 55.8 Å². The molecule has 0 aliphatic carbocycles. The number of hydrogen-bond donors (Lipinski definition) is 1. The molecule has 1 N–H and O–H groups in total. The first-order valence-electron chi connectivity index (χ1n) is 8.60. The van der Waals surface area contributed by atoms with E-state index in [1.54, 1.807) is 0 Å². The third-order valence-electron chi connectivity index (χ3n) is 3.53. The fourth-order valence-corrected chi connectivity index (χ4v) is 2.05. The molecule has 0 aliphatic heterocycles. The summed E-state index contributed by atoms with van der Waals surface area (Å²) in [7, 11) is 1.44. The molecule has 0 spiro atoms. The standard InChI is InChI=1S/C19H32O4/c1-3-18(23-21)16-14-12-10-8-6-4-5-7-9-11-13-15-17-19(20)22-2/h4,6,10,12,14,16,18,21H,3,5,7-9,11,13,15,17H2,1-2H3/b6-4+,12-10+,16-14+. The lowest BCUT2D eigenvalue weighted by atomic mass is 10.1. The van der Waals surface area contributed by atoms with Gasteiger partial charge in [0.25, 0.3) is 0 Å². The molecular formula is C19H32O4. The van der Waals surface area contributed by atoms with Gasteiger partial charge in [-0.05, 0) is 32.1 Å². The summed E-state index contributed by atoms with van der Waals surface area (Å²) < 4.78 is 4.61. The molecule has 4 nitrogen and oxygen atoms in total. The van der Waals surface area contributed by atoms with Crippen LogP contribution in [0.4, 0.5) is 0 Å². The lowest BCUT2D eigenvalue weighted by Gasteiger charge is -2.02. The molecule has 23 heavy (non-hydrogen) atoms. The molecule has 1 unspecified atom stereocenters. The van der Waals surface area contributed by atoms with Crippen molar-refractivity contribution in [2.75, 3.05) is 7.11 Å². The van der Waals surface area contributed by atoms with E-state index >= 15 is 0 Å². The molecule has 4 heteroatoms. The zero-order valence-corrected chi connectivity index (χ0v) is 14.6. The number of hydrogen-bond acceptors (Lipinski definition) is 4. The molecule has 132 valence electrons. The van der Waals surface area contributed by atoms with Crippen LogP contribution >= 0.6 is 0 Å². The minimum Gasteiger partial charge on any atom is -0.469 e. The Hall–Kier alpha value is -1.39. The first-order chi connectivity index (χ1) is 11.2. The van der Waals surface area contributed by atoms with Gasteiger partial charge in [-0.3, -0.25) is 10.1 Å². The quantitative estimate of drug-likeness (QED) is 0.119. The Bertz CT molecular complexity index is 354. The first-order valence-corrected chi connectivity index (χ1v) is 8.60.